The Kier molecular flexibility index (Phi) is 10.1. The molecule has 0 spiro atoms. The fourth-order valence-corrected chi connectivity index (χ4v) is 7.91. The summed E-state index contributed by atoms with van der Waals surface area (Å²) in [4.78, 5) is 31.6. The van der Waals surface area contributed by atoms with Crippen LogP contribution < -0.4 is 4.90 Å². The number of nitrogens with zero attached hydrogens (tertiary/aromatic N) is 6. The number of hydrogen-bond donors (Lipinski definition) is 0. The van der Waals surface area contributed by atoms with Gasteiger partial charge in [0.15, 0.2) is 0 Å². The van der Waals surface area contributed by atoms with Gasteiger partial charge >= 0.3 is 0 Å². The van der Waals surface area contributed by atoms with Crippen LogP contribution in [0.15, 0.2) is 67.5 Å². The van der Waals surface area contributed by atoms with Crippen LogP contribution in [-0.4, -0.2) is 81.4 Å². The Bertz CT molecular complexity index is 1450. The lowest BCUT2D eigenvalue weighted by Gasteiger charge is -2.51. The molecule has 2 aromatic carbocycles. The molecular weight excluding hydrogens is 568 g/mol. The number of carbonyl (C=O) groups excluding carboxylic acids is 1. The molecule has 46 heavy (non-hydrogen) atoms. The number of aryl methyl sites for hydroxylation is 2. The molecular formula is C39H52N6O. The molecule has 7 nitrogen and oxygen atoms in total. The summed E-state index contributed by atoms with van der Waals surface area (Å²) in [6.07, 6.45) is 10.2. The normalized spacial score (nSPS) is 19.2. The third-order valence-corrected chi connectivity index (χ3v) is 10.9. The van der Waals surface area contributed by atoms with Crippen molar-refractivity contribution in [2.45, 2.75) is 90.3 Å². The Morgan fingerprint density at radius 3 is 2.09 bits per heavy atom. The minimum Gasteiger partial charge on any atom is -0.371 e. The van der Waals surface area contributed by atoms with E-state index < -0.39 is 0 Å². The average molecular weight is 621 g/mol. The lowest BCUT2D eigenvalue weighted by Crippen LogP contribution is -2.57. The van der Waals surface area contributed by atoms with E-state index in [1.54, 1.807) is 6.33 Å². The fourth-order valence-electron chi connectivity index (χ4n) is 7.91. The second-order valence-electron chi connectivity index (χ2n) is 14.0. The zero-order chi connectivity index (χ0) is 32.1. The molecule has 0 N–H and O–H groups in total. The van der Waals surface area contributed by atoms with E-state index in [-0.39, 0.29) is 11.4 Å². The molecule has 0 atom stereocenters. The Balaban J connectivity index is 1.09. The van der Waals surface area contributed by atoms with Crippen LogP contribution in [0.1, 0.15) is 79.9 Å². The topological polar surface area (TPSA) is 55.8 Å². The maximum atomic E-state index is 12.9. The molecule has 1 aromatic heterocycles. The molecule has 3 aliphatic rings. The zero-order valence-electron chi connectivity index (χ0n) is 28.3. The number of rotatable bonds is 9. The van der Waals surface area contributed by atoms with Crippen LogP contribution in [0.5, 0.6) is 0 Å². The van der Waals surface area contributed by atoms with Crippen LogP contribution in [-0.2, 0) is 17.8 Å². The largest absolute Gasteiger partial charge is 0.371 e. The summed E-state index contributed by atoms with van der Waals surface area (Å²) in [6.45, 7) is 18.0. The quantitative estimate of drug-likeness (QED) is 0.267. The van der Waals surface area contributed by atoms with Gasteiger partial charge in [0.2, 0.25) is 5.91 Å². The molecule has 3 saturated heterocycles. The number of piperidine rings is 3. The van der Waals surface area contributed by atoms with Gasteiger partial charge < -0.3 is 14.7 Å². The van der Waals surface area contributed by atoms with Gasteiger partial charge in [-0.25, -0.2) is 9.97 Å². The molecule has 6 rings (SSSR count). The van der Waals surface area contributed by atoms with Gasteiger partial charge in [-0.1, -0.05) is 49.0 Å². The Labute approximate surface area is 276 Å². The Morgan fingerprint density at radius 1 is 0.826 bits per heavy atom. The van der Waals surface area contributed by atoms with Crippen molar-refractivity contribution in [1.82, 2.24) is 24.7 Å². The lowest BCUT2D eigenvalue weighted by molar-refractivity contribution is -0.131. The molecule has 244 valence electrons. The van der Waals surface area contributed by atoms with E-state index in [0.717, 1.165) is 113 Å². The Morgan fingerprint density at radius 2 is 1.46 bits per heavy atom. The fraction of sp³-hybridized carbons (Fsp3) is 0.513. The van der Waals surface area contributed by atoms with Crippen molar-refractivity contribution in [2.75, 3.05) is 44.2 Å². The second kappa shape index (κ2) is 14.4. The third kappa shape index (κ3) is 7.30. The monoisotopic (exact) mass is 620 g/mol. The number of anilines is 1. The summed E-state index contributed by atoms with van der Waals surface area (Å²) >= 11 is 0. The summed E-state index contributed by atoms with van der Waals surface area (Å²) in [7, 11) is 0. The first-order valence-electron chi connectivity index (χ1n) is 17.5. The van der Waals surface area contributed by atoms with E-state index in [2.05, 4.69) is 107 Å². The molecule has 3 aromatic rings. The lowest BCUT2D eigenvalue weighted by atomic mass is 9.85. The zero-order valence-corrected chi connectivity index (χ0v) is 28.3. The number of aromatic nitrogens is 2. The van der Waals surface area contributed by atoms with Crippen LogP contribution in [0.25, 0.3) is 5.70 Å². The predicted molar refractivity (Wildman–Crippen MR) is 188 cm³/mol. The number of carbonyl (C=O) groups is 1. The molecule has 0 aliphatic carbocycles. The van der Waals surface area contributed by atoms with Gasteiger partial charge in [-0.15, -0.1) is 0 Å². The van der Waals surface area contributed by atoms with E-state index in [9.17, 15) is 4.79 Å². The summed E-state index contributed by atoms with van der Waals surface area (Å²) < 4.78 is 0. The summed E-state index contributed by atoms with van der Waals surface area (Å²) in [5, 5.41) is 0. The third-order valence-electron chi connectivity index (χ3n) is 10.9. The van der Waals surface area contributed by atoms with Crippen molar-refractivity contribution in [3.8, 4) is 0 Å². The van der Waals surface area contributed by atoms with Gasteiger partial charge in [-0.2, -0.15) is 0 Å². The molecule has 4 heterocycles. The predicted octanol–water partition coefficient (Wildman–Crippen LogP) is 6.64. The van der Waals surface area contributed by atoms with Crippen LogP contribution in [0.3, 0.4) is 0 Å². The highest BCUT2D eigenvalue weighted by Crippen LogP contribution is 2.36. The maximum absolute atomic E-state index is 12.9. The molecule has 3 aliphatic heterocycles. The van der Waals surface area contributed by atoms with Crippen molar-refractivity contribution >= 4 is 17.3 Å². The van der Waals surface area contributed by atoms with E-state index in [1.165, 1.54) is 17.7 Å². The van der Waals surface area contributed by atoms with Crippen LogP contribution >= 0.6 is 0 Å². The molecule has 0 unspecified atom stereocenters. The first kappa shape index (κ1) is 32.2. The van der Waals surface area contributed by atoms with Gasteiger partial charge in [0, 0.05) is 74.3 Å². The SMILES string of the molecule is C=C(c1c(C)ncnc1C)N1CCC(C)(N2CCC(N(Cc3ccccc3)c3ccc(CC(=O)N4CCCCC4)cc3)CC2)CC1. The minimum atomic E-state index is 0.200. The van der Waals surface area contributed by atoms with Gasteiger partial charge in [0.1, 0.15) is 6.33 Å². The first-order valence-corrected chi connectivity index (χ1v) is 17.5. The average Bonchev–Trinajstić information content (AvgIpc) is 3.09. The van der Waals surface area contributed by atoms with Crippen LogP contribution in [0.4, 0.5) is 5.69 Å². The molecule has 1 amide bonds. The number of benzene rings is 2. The van der Waals surface area contributed by atoms with Gasteiger partial charge in [0.05, 0.1) is 17.8 Å². The van der Waals surface area contributed by atoms with E-state index in [4.69, 9.17) is 0 Å². The van der Waals surface area contributed by atoms with Gasteiger partial charge in [-0.3, -0.25) is 9.69 Å². The number of hydrogen-bond acceptors (Lipinski definition) is 6. The molecule has 3 fully saturated rings. The van der Waals surface area contributed by atoms with E-state index in [0.29, 0.717) is 12.5 Å². The standard InChI is InChI=1S/C39H52N6O/c1-30-38(31(2)41-29-40-30)32(3)42-25-19-39(4,20-26-42)44-23-17-36(18-24-44)45(28-34-11-7-5-8-12-34)35-15-13-33(14-16-35)27-37(46)43-21-9-6-10-22-43/h5,7-8,11-16,29,36H,3,6,9-10,17-28H2,1-2,4H3. The Hall–Kier alpha value is -3.71. The number of likely N-dealkylation sites (tertiary alicyclic amines) is 3. The van der Waals surface area contributed by atoms with Crippen molar-refractivity contribution in [3.05, 3.63) is 95.6 Å². The molecule has 0 bridgehead atoms. The molecule has 0 saturated carbocycles. The molecule has 0 radical (unpaired) electrons. The van der Waals surface area contributed by atoms with Crippen molar-refractivity contribution in [2.24, 2.45) is 0 Å². The first-order chi connectivity index (χ1) is 22.3. The second-order valence-corrected chi connectivity index (χ2v) is 14.0. The highest BCUT2D eigenvalue weighted by atomic mass is 16.2. The smallest absolute Gasteiger partial charge is 0.226 e. The highest BCUT2D eigenvalue weighted by Gasteiger charge is 2.39. The minimum absolute atomic E-state index is 0.200. The summed E-state index contributed by atoms with van der Waals surface area (Å²) in [5.74, 6) is 0.268. The van der Waals surface area contributed by atoms with Gasteiger partial charge in [0.25, 0.3) is 0 Å². The van der Waals surface area contributed by atoms with Crippen LogP contribution in [0.2, 0.25) is 0 Å². The van der Waals surface area contributed by atoms with Crippen LogP contribution in [0, 0.1) is 13.8 Å². The molecule has 7 heteroatoms. The van der Waals surface area contributed by atoms with Gasteiger partial charge in [-0.05, 0) is 89.0 Å². The van der Waals surface area contributed by atoms with E-state index >= 15 is 0 Å². The highest BCUT2D eigenvalue weighted by molar-refractivity contribution is 5.79. The van der Waals surface area contributed by atoms with Crippen molar-refractivity contribution in [1.29, 1.82) is 0 Å². The van der Waals surface area contributed by atoms with Crippen molar-refractivity contribution < 1.29 is 4.79 Å². The summed E-state index contributed by atoms with van der Waals surface area (Å²) in [5.41, 5.74) is 8.09. The van der Waals surface area contributed by atoms with Crippen molar-refractivity contribution in [3.63, 3.8) is 0 Å². The number of amides is 1. The van der Waals surface area contributed by atoms with E-state index in [1.807, 2.05) is 4.90 Å². The summed E-state index contributed by atoms with van der Waals surface area (Å²) in [6, 6.07) is 20.2. The maximum Gasteiger partial charge on any atom is 0.226 e.